The van der Waals surface area contributed by atoms with Gasteiger partial charge in [-0.05, 0) is 62.1 Å². The first kappa shape index (κ1) is 22.5. The molecule has 0 spiro atoms. The van der Waals surface area contributed by atoms with Crippen molar-refractivity contribution in [1.82, 2.24) is 5.32 Å². The van der Waals surface area contributed by atoms with Gasteiger partial charge in [-0.3, -0.25) is 9.59 Å². The molecule has 154 valence electrons. The molecular formula is C22H26N2O4S. The predicted molar refractivity (Wildman–Crippen MR) is 116 cm³/mol. The van der Waals surface area contributed by atoms with Gasteiger partial charge in [0.05, 0.1) is 0 Å². The molecule has 0 saturated carbocycles. The minimum Gasteiger partial charge on any atom is -0.454 e. The van der Waals surface area contributed by atoms with Gasteiger partial charge >= 0.3 is 5.97 Å². The van der Waals surface area contributed by atoms with Crippen LogP contribution in [0.25, 0.3) is 0 Å². The Bertz CT molecular complexity index is 869. The Balaban J connectivity index is 1.93. The summed E-state index contributed by atoms with van der Waals surface area (Å²) in [6, 6.07) is 13.6. The Labute approximate surface area is 175 Å². The monoisotopic (exact) mass is 414 g/mol. The minimum atomic E-state index is -0.817. The molecule has 1 atom stereocenters. The molecule has 0 aliphatic rings. The van der Waals surface area contributed by atoms with E-state index in [9.17, 15) is 14.4 Å². The molecule has 2 amide bonds. The molecule has 2 aromatic rings. The van der Waals surface area contributed by atoms with E-state index < -0.39 is 24.5 Å². The maximum absolute atomic E-state index is 12.5. The molecule has 0 aliphatic heterocycles. The van der Waals surface area contributed by atoms with Crippen LogP contribution in [-0.4, -0.2) is 42.4 Å². The SMILES string of the molecule is CSCC[C@H](NC(=O)c1cccc(C)c1)C(=O)OCC(=O)Nc1cccc(C)c1. The van der Waals surface area contributed by atoms with Crippen molar-refractivity contribution in [3.63, 3.8) is 0 Å². The lowest BCUT2D eigenvalue weighted by atomic mass is 10.1. The molecular weight excluding hydrogens is 388 g/mol. The quantitative estimate of drug-likeness (QED) is 0.615. The Morgan fingerprint density at radius 1 is 1.03 bits per heavy atom. The first-order valence-corrected chi connectivity index (χ1v) is 10.7. The van der Waals surface area contributed by atoms with Gasteiger partial charge in [0.1, 0.15) is 6.04 Å². The van der Waals surface area contributed by atoms with Crippen molar-refractivity contribution in [3.8, 4) is 0 Å². The zero-order valence-corrected chi connectivity index (χ0v) is 17.7. The summed E-state index contributed by atoms with van der Waals surface area (Å²) in [5.41, 5.74) is 3.08. The standard InChI is InChI=1S/C22H26N2O4S/c1-15-6-4-8-17(12-15)21(26)24-19(10-11-29-3)22(27)28-14-20(25)23-18-9-5-7-16(2)13-18/h4-9,12-13,19H,10-11,14H2,1-3H3,(H,23,25)(H,24,26)/t19-/m0/s1. The molecule has 2 rings (SSSR count). The number of ether oxygens (including phenoxy) is 1. The highest BCUT2D eigenvalue weighted by Gasteiger charge is 2.23. The highest BCUT2D eigenvalue weighted by Crippen LogP contribution is 2.10. The van der Waals surface area contributed by atoms with E-state index in [2.05, 4.69) is 10.6 Å². The number of benzene rings is 2. The minimum absolute atomic E-state index is 0.346. The summed E-state index contributed by atoms with van der Waals surface area (Å²) < 4.78 is 5.15. The molecule has 7 heteroatoms. The van der Waals surface area contributed by atoms with Gasteiger partial charge in [0, 0.05) is 11.3 Å². The van der Waals surface area contributed by atoms with Crippen LogP contribution >= 0.6 is 11.8 Å². The zero-order valence-electron chi connectivity index (χ0n) is 16.9. The zero-order chi connectivity index (χ0) is 21.2. The van der Waals surface area contributed by atoms with Crippen LogP contribution in [-0.2, 0) is 14.3 Å². The van der Waals surface area contributed by atoms with Gasteiger partial charge in [-0.15, -0.1) is 0 Å². The van der Waals surface area contributed by atoms with Gasteiger partial charge < -0.3 is 15.4 Å². The second-order valence-corrected chi connectivity index (χ2v) is 7.69. The fraction of sp³-hybridized carbons (Fsp3) is 0.318. The van der Waals surface area contributed by atoms with E-state index >= 15 is 0 Å². The van der Waals surface area contributed by atoms with Crippen molar-refractivity contribution in [2.45, 2.75) is 26.3 Å². The molecule has 0 saturated heterocycles. The lowest BCUT2D eigenvalue weighted by Crippen LogP contribution is -2.43. The molecule has 0 bridgehead atoms. The van der Waals surface area contributed by atoms with Crippen LogP contribution in [0.5, 0.6) is 0 Å². The number of hydrogen-bond acceptors (Lipinski definition) is 5. The van der Waals surface area contributed by atoms with Crippen LogP contribution in [0.15, 0.2) is 48.5 Å². The van der Waals surface area contributed by atoms with Gasteiger partial charge in [-0.2, -0.15) is 11.8 Å². The summed E-state index contributed by atoms with van der Waals surface area (Å²) >= 11 is 1.56. The predicted octanol–water partition coefficient (Wildman–Crippen LogP) is 3.34. The number of hydrogen-bond donors (Lipinski definition) is 2. The fourth-order valence-corrected chi connectivity index (χ4v) is 3.14. The van der Waals surface area contributed by atoms with E-state index in [0.29, 0.717) is 23.4 Å². The normalized spacial score (nSPS) is 11.4. The lowest BCUT2D eigenvalue weighted by molar-refractivity contribution is -0.149. The van der Waals surface area contributed by atoms with Crippen LogP contribution in [0.2, 0.25) is 0 Å². The molecule has 0 fully saturated rings. The number of carbonyl (C=O) groups excluding carboxylic acids is 3. The van der Waals surface area contributed by atoms with Crippen LogP contribution in [0.4, 0.5) is 5.69 Å². The first-order chi connectivity index (χ1) is 13.9. The maximum atomic E-state index is 12.5. The summed E-state index contributed by atoms with van der Waals surface area (Å²) in [7, 11) is 0. The van der Waals surface area contributed by atoms with E-state index in [4.69, 9.17) is 4.74 Å². The third-order valence-electron chi connectivity index (χ3n) is 4.13. The van der Waals surface area contributed by atoms with Gasteiger partial charge in [-0.1, -0.05) is 29.8 Å². The number of esters is 1. The second-order valence-electron chi connectivity index (χ2n) is 6.70. The highest BCUT2D eigenvalue weighted by molar-refractivity contribution is 7.98. The molecule has 0 unspecified atom stereocenters. The summed E-state index contributed by atoms with van der Waals surface area (Å²) in [4.78, 5) is 37.0. The van der Waals surface area contributed by atoms with Crippen LogP contribution in [0.1, 0.15) is 27.9 Å². The summed E-state index contributed by atoms with van der Waals surface area (Å²) in [5, 5.41) is 5.40. The average molecular weight is 415 g/mol. The maximum Gasteiger partial charge on any atom is 0.329 e. The Kier molecular flexibility index (Phi) is 8.73. The number of thioether (sulfide) groups is 1. The van der Waals surface area contributed by atoms with Crippen LogP contribution in [0.3, 0.4) is 0 Å². The molecule has 0 radical (unpaired) electrons. The van der Waals surface area contributed by atoms with E-state index in [1.807, 2.05) is 44.4 Å². The molecule has 0 aromatic heterocycles. The van der Waals surface area contributed by atoms with E-state index in [-0.39, 0.29) is 5.91 Å². The lowest BCUT2D eigenvalue weighted by Gasteiger charge is -2.17. The first-order valence-electron chi connectivity index (χ1n) is 9.28. The second kappa shape index (κ2) is 11.3. The van der Waals surface area contributed by atoms with Gasteiger partial charge in [0.25, 0.3) is 11.8 Å². The largest absolute Gasteiger partial charge is 0.454 e. The molecule has 0 aliphatic carbocycles. The Morgan fingerprint density at radius 2 is 1.72 bits per heavy atom. The van der Waals surface area contributed by atoms with Gasteiger partial charge in [0.15, 0.2) is 6.61 Å². The van der Waals surface area contributed by atoms with Crippen LogP contribution in [0, 0.1) is 13.8 Å². The molecule has 29 heavy (non-hydrogen) atoms. The molecule has 2 N–H and O–H groups in total. The summed E-state index contributed by atoms with van der Waals surface area (Å²) in [5.74, 6) is -0.735. The van der Waals surface area contributed by atoms with E-state index in [1.54, 1.807) is 36.0 Å². The highest BCUT2D eigenvalue weighted by atomic mass is 32.2. The van der Waals surface area contributed by atoms with Crippen molar-refractivity contribution in [2.24, 2.45) is 0 Å². The summed E-state index contributed by atoms with van der Waals surface area (Å²) in [6.45, 7) is 3.40. The Hall–Kier alpha value is -2.80. The molecule has 2 aromatic carbocycles. The van der Waals surface area contributed by atoms with E-state index in [0.717, 1.165) is 11.1 Å². The van der Waals surface area contributed by atoms with E-state index in [1.165, 1.54) is 0 Å². The fourth-order valence-electron chi connectivity index (χ4n) is 2.67. The number of anilines is 1. The third-order valence-corrected chi connectivity index (χ3v) is 4.77. The topological polar surface area (TPSA) is 84.5 Å². The number of carbonyl (C=O) groups is 3. The van der Waals surface area contributed by atoms with Crippen molar-refractivity contribution in [1.29, 1.82) is 0 Å². The number of nitrogens with one attached hydrogen (secondary N) is 2. The Morgan fingerprint density at radius 3 is 2.38 bits per heavy atom. The number of aryl methyl sites for hydroxylation is 2. The van der Waals surface area contributed by atoms with Crippen molar-refractivity contribution in [3.05, 3.63) is 65.2 Å². The molecule has 0 heterocycles. The average Bonchev–Trinajstić information content (AvgIpc) is 2.69. The van der Waals surface area contributed by atoms with Crippen LogP contribution < -0.4 is 10.6 Å². The van der Waals surface area contributed by atoms with Crippen molar-refractivity contribution in [2.75, 3.05) is 23.9 Å². The number of rotatable bonds is 9. The number of amides is 2. The van der Waals surface area contributed by atoms with Crippen molar-refractivity contribution >= 4 is 35.2 Å². The van der Waals surface area contributed by atoms with Gasteiger partial charge in [0.2, 0.25) is 0 Å². The smallest absolute Gasteiger partial charge is 0.329 e. The van der Waals surface area contributed by atoms with Crippen molar-refractivity contribution < 1.29 is 19.1 Å². The third kappa shape index (κ3) is 7.62. The molecule has 6 nitrogen and oxygen atoms in total. The van der Waals surface area contributed by atoms with Gasteiger partial charge in [-0.25, -0.2) is 4.79 Å². The summed E-state index contributed by atoms with van der Waals surface area (Å²) in [6.07, 6.45) is 2.33.